The first kappa shape index (κ1) is 19.8. The fraction of sp³-hybridized carbons (Fsp3) is 0.0417. The predicted molar refractivity (Wildman–Crippen MR) is 128 cm³/mol. The van der Waals surface area contributed by atoms with Crippen molar-refractivity contribution in [2.45, 2.75) is 0 Å². The van der Waals surface area contributed by atoms with Gasteiger partial charge < -0.3 is 24.2 Å². The third kappa shape index (κ3) is 4.03. The minimum Gasteiger partial charge on any atom is -0.497 e. The number of aromatic nitrogens is 2. The van der Waals surface area contributed by atoms with Crippen LogP contribution in [-0.4, -0.2) is 22.2 Å². The molecule has 0 amide bonds. The Kier molecular flexibility index (Phi) is 5.27. The number of anilines is 2. The molecule has 3 aromatic heterocycles. The third-order valence-electron chi connectivity index (χ3n) is 4.76. The van der Waals surface area contributed by atoms with Crippen LogP contribution in [0.4, 0.5) is 11.4 Å². The fourth-order valence-corrected chi connectivity index (χ4v) is 3.53. The molecule has 0 saturated heterocycles. The average Bonchev–Trinajstić information content (AvgIpc) is 3.53. The Bertz CT molecular complexity index is 1380. The highest BCUT2D eigenvalue weighted by Crippen LogP contribution is 2.32. The third-order valence-corrected chi connectivity index (χ3v) is 4.96. The molecule has 7 nitrogen and oxygen atoms in total. The van der Waals surface area contributed by atoms with Crippen LogP contribution in [-0.2, 0) is 0 Å². The maximum Gasteiger partial charge on any atom is 0.175 e. The van der Waals surface area contributed by atoms with E-state index in [1.807, 2.05) is 66.7 Å². The van der Waals surface area contributed by atoms with Crippen LogP contribution in [0.25, 0.3) is 33.9 Å². The van der Waals surface area contributed by atoms with E-state index in [4.69, 9.17) is 35.8 Å². The van der Waals surface area contributed by atoms with Crippen molar-refractivity contribution in [3.63, 3.8) is 0 Å². The van der Waals surface area contributed by atoms with Gasteiger partial charge in [0.05, 0.1) is 30.7 Å². The zero-order chi connectivity index (χ0) is 21.9. The van der Waals surface area contributed by atoms with Crippen molar-refractivity contribution >= 4 is 39.7 Å². The smallest absolute Gasteiger partial charge is 0.175 e. The summed E-state index contributed by atoms with van der Waals surface area (Å²) in [5, 5.41) is 6.79. The first-order valence-electron chi connectivity index (χ1n) is 9.81. The van der Waals surface area contributed by atoms with Crippen LogP contribution in [0.15, 0.2) is 88.1 Å². The van der Waals surface area contributed by atoms with E-state index < -0.39 is 0 Å². The Morgan fingerprint density at radius 2 is 1.44 bits per heavy atom. The molecule has 0 aliphatic rings. The molecule has 3 heterocycles. The molecule has 0 bridgehead atoms. The molecular weight excluding hydrogens is 424 g/mol. The van der Waals surface area contributed by atoms with Gasteiger partial charge in [-0.1, -0.05) is 6.07 Å². The first-order chi connectivity index (χ1) is 15.7. The number of ether oxygens (including phenoxy) is 1. The molecule has 158 valence electrons. The summed E-state index contributed by atoms with van der Waals surface area (Å²) in [7, 11) is 1.63. The standard InChI is InChI=1S/C24H18N4O3S/c1-29-17-6-2-5-15(13-17)25-24(32)26-16-9-10-18-19(14-16)28-23(21-8-4-12-31-21)22(27-18)20-7-3-11-30-20/h2-14H,1H3,(H2,25,26,32). The van der Waals surface area contributed by atoms with Crippen LogP contribution in [0.3, 0.4) is 0 Å². The van der Waals surface area contributed by atoms with Gasteiger partial charge in [-0.05, 0) is 66.8 Å². The Hall–Kier alpha value is -4.17. The van der Waals surface area contributed by atoms with Gasteiger partial charge in [-0.15, -0.1) is 0 Å². The molecule has 0 saturated carbocycles. The van der Waals surface area contributed by atoms with E-state index in [0.717, 1.165) is 22.6 Å². The minimum atomic E-state index is 0.448. The van der Waals surface area contributed by atoms with Gasteiger partial charge in [-0.2, -0.15) is 0 Å². The molecule has 32 heavy (non-hydrogen) atoms. The van der Waals surface area contributed by atoms with E-state index in [-0.39, 0.29) is 0 Å². The summed E-state index contributed by atoms with van der Waals surface area (Å²) < 4.78 is 16.4. The molecule has 5 aromatic rings. The van der Waals surface area contributed by atoms with E-state index in [1.165, 1.54) is 0 Å². The van der Waals surface area contributed by atoms with Crippen molar-refractivity contribution < 1.29 is 13.6 Å². The summed E-state index contributed by atoms with van der Waals surface area (Å²) in [6.45, 7) is 0. The van der Waals surface area contributed by atoms with Crippen molar-refractivity contribution in [1.82, 2.24) is 9.97 Å². The molecule has 0 aliphatic heterocycles. The lowest BCUT2D eigenvalue weighted by atomic mass is 10.1. The Morgan fingerprint density at radius 1 is 0.781 bits per heavy atom. The average molecular weight is 443 g/mol. The molecule has 0 unspecified atom stereocenters. The molecule has 2 aromatic carbocycles. The zero-order valence-corrected chi connectivity index (χ0v) is 17.8. The highest BCUT2D eigenvalue weighted by atomic mass is 32.1. The number of hydrogen-bond acceptors (Lipinski definition) is 6. The maximum absolute atomic E-state index is 5.59. The summed E-state index contributed by atoms with van der Waals surface area (Å²) >= 11 is 5.46. The Morgan fingerprint density at radius 3 is 2.06 bits per heavy atom. The summed E-state index contributed by atoms with van der Waals surface area (Å²) in [5.41, 5.74) is 4.25. The maximum atomic E-state index is 5.59. The van der Waals surface area contributed by atoms with Crippen LogP contribution in [0.5, 0.6) is 5.75 Å². The van der Waals surface area contributed by atoms with Crippen molar-refractivity contribution in [1.29, 1.82) is 0 Å². The molecule has 5 rings (SSSR count). The first-order valence-corrected chi connectivity index (χ1v) is 10.2. The van der Waals surface area contributed by atoms with E-state index >= 15 is 0 Å². The number of nitrogens with one attached hydrogen (secondary N) is 2. The summed E-state index contributed by atoms with van der Waals surface area (Å²) in [4.78, 5) is 9.59. The van der Waals surface area contributed by atoms with Crippen molar-refractivity contribution in [2.75, 3.05) is 17.7 Å². The molecule has 0 atom stereocenters. The highest BCUT2D eigenvalue weighted by Gasteiger charge is 2.17. The summed E-state index contributed by atoms with van der Waals surface area (Å²) in [5.74, 6) is 1.98. The van der Waals surface area contributed by atoms with Crippen LogP contribution in [0.2, 0.25) is 0 Å². The van der Waals surface area contributed by atoms with E-state index in [9.17, 15) is 0 Å². The van der Waals surface area contributed by atoms with E-state index in [1.54, 1.807) is 19.6 Å². The lowest BCUT2D eigenvalue weighted by molar-refractivity contribution is 0.415. The Labute approximate surface area is 189 Å². The van der Waals surface area contributed by atoms with Gasteiger partial charge in [-0.25, -0.2) is 9.97 Å². The van der Waals surface area contributed by atoms with Crippen molar-refractivity contribution in [3.8, 4) is 28.7 Å². The van der Waals surface area contributed by atoms with Gasteiger partial charge in [0, 0.05) is 17.4 Å². The normalized spacial score (nSPS) is 10.8. The van der Waals surface area contributed by atoms with Gasteiger partial charge in [0.25, 0.3) is 0 Å². The summed E-state index contributed by atoms with van der Waals surface area (Å²) in [6, 6.07) is 20.5. The predicted octanol–water partition coefficient (Wildman–Crippen LogP) is 5.97. The van der Waals surface area contributed by atoms with Gasteiger partial charge in [0.2, 0.25) is 0 Å². The molecule has 8 heteroatoms. The fourth-order valence-electron chi connectivity index (χ4n) is 3.30. The summed E-state index contributed by atoms with van der Waals surface area (Å²) in [6.07, 6.45) is 3.21. The van der Waals surface area contributed by atoms with Crippen LogP contribution >= 0.6 is 12.2 Å². The second kappa shape index (κ2) is 8.52. The molecule has 0 spiro atoms. The number of rotatable bonds is 5. The number of furan rings is 2. The van der Waals surface area contributed by atoms with Crippen LogP contribution in [0, 0.1) is 0 Å². The lowest BCUT2D eigenvalue weighted by Gasteiger charge is -2.12. The van der Waals surface area contributed by atoms with Crippen LogP contribution < -0.4 is 15.4 Å². The largest absolute Gasteiger partial charge is 0.497 e. The second-order valence-corrected chi connectivity index (χ2v) is 7.30. The number of nitrogens with zero attached hydrogens (tertiary/aromatic N) is 2. The van der Waals surface area contributed by atoms with Gasteiger partial charge in [0.1, 0.15) is 17.1 Å². The number of thiocarbonyl (C=S) groups is 1. The highest BCUT2D eigenvalue weighted by molar-refractivity contribution is 7.80. The molecular formula is C24H18N4O3S. The van der Waals surface area contributed by atoms with Gasteiger partial charge in [-0.3, -0.25) is 0 Å². The molecule has 0 fully saturated rings. The van der Waals surface area contributed by atoms with Crippen molar-refractivity contribution in [2.24, 2.45) is 0 Å². The SMILES string of the molecule is COc1cccc(NC(=S)Nc2ccc3nc(-c4ccco4)c(-c4ccco4)nc3c2)c1. The molecule has 2 N–H and O–H groups in total. The number of benzene rings is 2. The van der Waals surface area contributed by atoms with Gasteiger partial charge >= 0.3 is 0 Å². The van der Waals surface area contributed by atoms with E-state index in [2.05, 4.69) is 10.6 Å². The molecule has 0 radical (unpaired) electrons. The monoisotopic (exact) mass is 442 g/mol. The second-order valence-electron chi connectivity index (χ2n) is 6.89. The van der Waals surface area contributed by atoms with Crippen LogP contribution in [0.1, 0.15) is 0 Å². The topological polar surface area (TPSA) is 85.4 Å². The van der Waals surface area contributed by atoms with E-state index in [0.29, 0.717) is 33.5 Å². The van der Waals surface area contributed by atoms with Gasteiger partial charge in [0.15, 0.2) is 16.6 Å². The zero-order valence-electron chi connectivity index (χ0n) is 17.0. The lowest BCUT2D eigenvalue weighted by Crippen LogP contribution is -2.19. The van der Waals surface area contributed by atoms with Crippen molar-refractivity contribution in [3.05, 3.63) is 79.3 Å². The number of methoxy groups -OCH3 is 1. The number of fused-ring (bicyclic) bond motifs is 1. The molecule has 0 aliphatic carbocycles. The Balaban J connectivity index is 1.45. The minimum absolute atomic E-state index is 0.448. The quantitative estimate of drug-likeness (QED) is 0.322. The number of hydrogen-bond donors (Lipinski definition) is 2.